The average molecular weight is 460 g/mol. The Bertz CT molecular complexity index is 1070. The number of aryl methyl sites for hydroxylation is 1. The number of anilines is 1. The van der Waals surface area contributed by atoms with Crippen LogP contribution < -0.4 is 10.2 Å². The van der Waals surface area contributed by atoms with E-state index in [0.29, 0.717) is 12.2 Å². The summed E-state index contributed by atoms with van der Waals surface area (Å²) in [6.45, 7) is 1.40. The van der Waals surface area contributed by atoms with Gasteiger partial charge in [-0.15, -0.1) is 0 Å². The second-order valence-electron chi connectivity index (χ2n) is 7.90. The molecule has 172 valence electrons. The van der Waals surface area contributed by atoms with Gasteiger partial charge in [0.25, 0.3) is 5.91 Å². The number of rotatable bonds is 10. The zero-order chi connectivity index (χ0) is 23.1. The van der Waals surface area contributed by atoms with Crippen LogP contribution in [0.1, 0.15) is 34.7 Å². The molecule has 1 aliphatic carbocycles. The molecule has 2 aromatic carbocycles. The number of aliphatic hydroxyl groups excluding tert-OH is 1. The van der Waals surface area contributed by atoms with E-state index in [1.54, 1.807) is 23.7 Å². The number of nitrogens with one attached hydrogen (secondary N) is 2. The van der Waals surface area contributed by atoms with Gasteiger partial charge in [0.15, 0.2) is 0 Å². The summed E-state index contributed by atoms with van der Waals surface area (Å²) in [7, 11) is -3.30. The van der Waals surface area contributed by atoms with Gasteiger partial charge in [0.2, 0.25) is 10.0 Å². The first-order valence-electron chi connectivity index (χ1n) is 10.5. The van der Waals surface area contributed by atoms with Crippen LogP contribution in [0, 0.1) is 0 Å². The van der Waals surface area contributed by atoms with Crippen molar-refractivity contribution < 1.29 is 23.5 Å². The van der Waals surface area contributed by atoms with E-state index in [9.17, 15) is 18.3 Å². The fourth-order valence-corrected chi connectivity index (χ4v) is 4.65. The molecule has 1 unspecified atom stereocenters. The lowest BCUT2D eigenvalue weighted by atomic mass is 10.0. The van der Waals surface area contributed by atoms with E-state index < -0.39 is 15.9 Å². The Morgan fingerprint density at radius 1 is 1.19 bits per heavy atom. The summed E-state index contributed by atoms with van der Waals surface area (Å²) in [6.07, 6.45) is 6.72. The Hall–Kier alpha value is -2.72. The van der Waals surface area contributed by atoms with E-state index in [2.05, 4.69) is 21.8 Å². The third kappa shape index (κ3) is 6.64. The van der Waals surface area contributed by atoms with Gasteiger partial charge in [-0.3, -0.25) is 19.6 Å². The first kappa shape index (κ1) is 23.9. The van der Waals surface area contributed by atoms with Crippen LogP contribution in [0.25, 0.3) is 6.08 Å². The maximum atomic E-state index is 11.3. The van der Waals surface area contributed by atoms with Gasteiger partial charge >= 0.3 is 0 Å². The molecule has 0 aromatic heterocycles. The van der Waals surface area contributed by atoms with Gasteiger partial charge in [0, 0.05) is 30.9 Å². The zero-order valence-corrected chi connectivity index (χ0v) is 18.8. The summed E-state index contributed by atoms with van der Waals surface area (Å²) >= 11 is 0. The molecule has 0 spiro atoms. The summed E-state index contributed by atoms with van der Waals surface area (Å²) in [5.74, 6) is -0.572. The number of amides is 1. The maximum absolute atomic E-state index is 11.3. The van der Waals surface area contributed by atoms with Crippen LogP contribution in [-0.4, -0.2) is 55.5 Å². The van der Waals surface area contributed by atoms with Crippen molar-refractivity contribution >= 4 is 27.7 Å². The van der Waals surface area contributed by atoms with Crippen molar-refractivity contribution in [2.75, 3.05) is 30.7 Å². The highest BCUT2D eigenvalue weighted by Gasteiger charge is 2.27. The topological polar surface area (TPSA) is 119 Å². The normalized spacial score (nSPS) is 15.8. The van der Waals surface area contributed by atoms with Crippen LogP contribution in [-0.2, 0) is 27.7 Å². The molecule has 0 bridgehead atoms. The minimum Gasteiger partial charge on any atom is -0.395 e. The molecule has 0 fully saturated rings. The van der Waals surface area contributed by atoms with Crippen molar-refractivity contribution in [3.63, 3.8) is 0 Å². The number of fused-ring (bicyclic) bond motifs is 1. The summed E-state index contributed by atoms with van der Waals surface area (Å²) < 4.78 is 25.2. The highest BCUT2D eigenvalue weighted by molar-refractivity contribution is 7.92. The highest BCUT2D eigenvalue weighted by Crippen LogP contribution is 2.36. The fourth-order valence-electron chi connectivity index (χ4n) is 4.09. The van der Waals surface area contributed by atoms with Gasteiger partial charge in [0.1, 0.15) is 0 Å². The number of carbonyl (C=O) groups excluding carboxylic acids is 1. The van der Waals surface area contributed by atoms with Crippen molar-refractivity contribution in [1.29, 1.82) is 0 Å². The van der Waals surface area contributed by atoms with E-state index >= 15 is 0 Å². The largest absolute Gasteiger partial charge is 0.395 e. The van der Waals surface area contributed by atoms with Gasteiger partial charge in [-0.25, -0.2) is 13.9 Å². The molecule has 0 aliphatic heterocycles. The molecule has 4 N–H and O–H groups in total. The first-order chi connectivity index (χ1) is 15.3. The molecule has 2 aromatic rings. The summed E-state index contributed by atoms with van der Waals surface area (Å²) in [6, 6.07) is 13.6. The number of hydrogen-bond donors (Lipinski definition) is 4. The molecule has 9 heteroatoms. The van der Waals surface area contributed by atoms with Gasteiger partial charge in [-0.1, -0.05) is 30.3 Å². The minimum atomic E-state index is -3.30. The van der Waals surface area contributed by atoms with Crippen molar-refractivity contribution in [2.45, 2.75) is 25.3 Å². The second kappa shape index (κ2) is 10.7. The summed E-state index contributed by atoms with van der Waals surface area (Å²) in [5.41, 5.74) is 6.55. The van der Waals surface area contributed by atoms with Gasteiger partial charge in [0.05, 0.1) is 12.9 Å². The van der Waals surface area contributed by atoms with Crippen LogP contribution in [0.5, 0.6) is 0 Å². The third-order valence-corrected chi connectivity index (χ3v) is 6.13. The Morgan fingerprint density at radius 2 is 1.94 bits per heavy atom. The average Bonchev–Trinajstić information content (AvgIpc) is 3.18. The summed E-state index contributed by atoms with van der Waals surface area (Å²) in [5, 5.41) is 18.2. The molecular weight excluding hydrogens is 430 g/mol. The van der Waals surface area contributed by atoms with Crippen molar-refractivity contribution in [3.8, 4) is 0 Å². The number of carbonyl (C=O) groups is 1. The molecule has 32 heavy (non-hydrogen) atoms. The van der Waals surface area contributed by atoms with Crippen molar-refractivity contribution in [3.05, 3.63) is 70.8 Å². The molecule has 1 amide bonds. The molecule has 3 rings (SSSR count). The standard InChI is InChI=1S/C23H29N3O5S/c1-32(30,31)25-20-7-2-17(3-8-20)12-13-26(14-15-27)22-10-6-19-16-18(4-9-21(19)22)5-11-23(28)24-29/h2-5,7-9,11,16,22,25,27,29H,6,10,12-15H2,1H3,(H,24,28)/b11-5+. The van der Waals surface area contributed by atoms with Crippen molar-refractivity contribution in [2.24, 2.45) is 0 Å². The smallest absolute Gasteiger partial charge is 0.267 e. The number of aliphatic hydroxyl groups is 1. The Balaban J connectivity index is 1.67. The number of nitrogens with zero attached hydrogens (tertiary/aromatic N) is 1. The predicted octanol–water partition coefficient (Wildman–Crippen LogP) is 2.10. The fraction of sp³-hybridized carbons (Fsp3) is 0.348. The molecule has 8 nitrogen and oxygen atoms in total. The lowest BCUT2D eigenvalue weighted by Gasteiger charge is -2.29. The maximum Gasteiger partial charge on any atom is 0.267 e. The third-order valence-electron chi connectivity index (χ3n) is 5.52. The summed E-state index contributed by atoms with van der Waals surface area (Å²) in [4.78, 5) is 13.5. The number of sulfonamides is 1. The van der Waals surface area contributed by atoms with Gasteiger partial charge < -0.3 is 5.11 Å². The highest BCUT2D eigenvalue weighted by atomic mass is 32.2. The molecule has 1 atom stereocenters. The first-order valence-corrected chi connectivity index (χ1v) is 12.3. The van der Waals surface area contributed by atoms with E-state index in [1.807, 2.05) is 18.2 Å². The molecule has 1 aliphatic rings. The van der Waals surface area contributed by atoms with Crippen LogP contribution in [0.15, 0.2) is 48.5 Å². The van der Waals surface area contributed by atoms with Crippen LogP contribution in [0.4, 0.5) is 5.69 Å². The molecule has 0 radical (unpaired) electrons. The van der Waals surface area contributed by atoms with Crippen LogP contribution in [0.3, 0.4) is 0 Å². The minimum absolute atomic E-state index is 0.0696. The van der Waals surface area contributed by atoms with Crippen LogP contribution in [0.2, 0.25) is 0 Å². The zero-order valence-electron chi connectivity index (χ0n) is 18.0. The van der Waals surface area contributed by atoms with E-state index in [4.69, 9.17) is 5.21 Å². The van der Waals surface area contributed by atoms with E-state index in [0.717, 1.165) is 43.2 Å². The predicted molar refractivity (Wildman–Crippen MR) is 124 cm³/mol. The Labute approximate surface area is 188 Å². The van der Waals surface area contributed by atoms with Crippen LogP contribution >= 0.6 is 0 Å². The lowest BCUT2D eigenvalue weighted by molar-refractivity contribution is -0.124. The Morgan fingerprint density at radius 3 is 2.59 bits per heavy atom. The number of hydroxylamine groups is 1. The van der Waals surface area contributed by atoms with Gasteiger partial charge in [-0.2, -0.15) is 0 Å². The lowest BCUT2D eigenvalue weighted by Crippen LogP contribution is -2.32. The SMILES string of the molecule is CS(=O)(=O)Nc1ccc(CCN(CCO)C2CCc3cc(/C=C/C(=O)NO)ccc32)cc1. The molecule has 0 saturated heterocycles. The second-order valence-corrected chi connectivity index (χ2v) is 9.65. The van der Waals surface area contributed by atoms with Crippen molar-refractivity contribution in [1.82, 2.24) is 10.4 Å². The van der Waals surface area contributed by atoms with Gasteiger partial charge in [-0.05, 0) is 59.7 Å². The van der Waals surface area contributed by atoms with E-state index in [-0.39, 0.29) is 12.6 Å². The quantitative estimate of drug-likeness (QED) is 0.245. The molecule has 0 heterocycles. The molecular formula is C23H29N3O5S. The number of benzene rings is 2. The number of hydrogen-bond acceptors (Lipinski definition) is 6. The van der Waals surface area contributed by atoms with E-state index in [1.165, 1.54) is 17.2 Å². The molecule has 0 saturated carbocycles. The Kier molecular flexibility index (Phi) is 8.03. The monoisotopic (exact) mass is 459 g/mol.